The first kappa shape index (κ1) is 12.2. The molecule has 0 rings (SSSR count). The SMILES string of the molecule is C[Si](C)(C)CC(=O)[O][Ge]([CH3])([CH3])[CH3]. The number of hydrogen-bond acceptors (Lipinski definition) is 2. The first-order chi connectivity index (χ1) is 5.10. The van der Waals surface area contributed by atoms with Crippen LogP contribution in [0.25, 0.3) is 0 Å². The molecule has 0 saturated carbocycles. The summed E-state index contributed by atoms with van der Waals surface area (Å²) in [6.45, 7) is 6.55. The molecule has 0 unspecified atom stereocenters. The van der Waals surface area contributed by atoms with E-state index in [0.29, 0.717) is 6.04 Å². The Labute approximate surface area is 79.4 Å². The summed E-state index contributed by atoms with van der Waals surface area (Å²) in [6, 6.07) is 0.662. The summed E-state index contributed by atoms with van der Waals surface area (Å²) in [5, 5.41) is 0. The molecule has 0 heterocycles. The molecule has 0 spiro atoms. The van der Waals surface area contributed by atoms with Crippen LogP contribution in [0.15, 0.2) is 0 Å². The molecule has 2 nitrogen and oxygen atoms in total. The first-order valence-corrected chi connectivity index (χ1v) is 15.2. The van der Waals surface area contributed by atoms with Crippen molar-refractivity contribution in [2.24, 2.45) is 0 Å². The normalized spacial score (nSPS) is 12.8. The van der Waals surface area contributed by atoms with E-state index in [4.69, 9.17) is 3.76 Å². The molecule has 0 saturated heterocycles. The van der Waals surface area contributed by atoms with Crippen molar-refractivity contribution in [3.8, 4) is 0 Å². The molecule has 12 heavy (non-hydrogen) atoms. The van der Waals surface area contributed by atoms with Crippen molar-refractivity contribution in [2.45, 2.75) is 43.0 Å². The maximum atomic E-state index is 11.3. The zero-order chi connectivity index (χ0) is 9.99. The van der Waals surface area contributed by atoms with Gasteiger partial charge in [-0.05, 0) is 0 Å². The molecule has 72 valence electrons. The second kappa shape index (κ2) is 3.96. The summed E-state index contributed by atoms with van der Waals surface area (Å²) >= 11 is -2.11. The standard InChI is InChI=1S/C8H20GeO2Si/c1-9(2,3)11-8(10)7-12(4,5)6/h7H2,1-6H3. The number of hydrogen-bond donors (Lipinski definition) is 0. The molecule has 0 bridgehead atoms. The molecular formula is C8H20GeO2Si. The molecule has 0 fully saturated rings. The summed E-state index contributed by atoms with van der Waals surface area (Å²) in [4.78, 5) is 11.3. The minimum absolute atomic E-state index is 0.0293. The monoisotopic (exact) mass is 250 g/mol. The van der Waals surface area contributed by atoms with Crippen LogP contribution in [0.5, 0.6) is 0 Å². The summed E-state index contributed by atoms with van der Waals surface area (Å²) < 4.78 is 5.40. The Hall–Kier alpha value is 0.230. The van der Waals surface area contributed by atoms with Gasteiger partial charge < -0.3 is 0 Å². The van der Waals surface area contributed by atoms with Crippen molar-refractivity contribution >= 4 is 27.6 Å². The van der Waals surface area contributed by atoms with Crippen LogP contribution < -0.4 is 0 Å². The van der Waals surface area contributed by atoms with Crippen LogP contribution in [0.3, 0.4) is 0 Å². The van der Waals surface area contributed by atoms with Gasteiger partial charge in [0.2, 0.25) is 0 Å². The van der Waals surface area contributed by atoms with Crippen LogP contribution in [0.2, 0.25) is 43.0 Å². The van der Waals surface area contributed by atoms with Gasteiger partial charge in [0.15, 0.2) is 0 Å². The van der Waals surface area contributed by atoms with Crippen LogP contribution in [0.4, 0.5) is 0 Å². The van der Waals surface area contributed by atoms with E-state index in [-0.39, 0.29) is 5.97 Å². The van der Waals surface area contributed by atoms with E-state index in [1.54, 1.807) is 0 Å². The zero-order valence-corrected chi connectivity index (χ0v) is 12.1. The van der Waals surface area contributed by atoms with Crippen molar-refractivity contribution in [3.63, 3.8) is 0 Å². The molecule has 0 aliphatic heterocycles. The van der Waals surface area contributed by atoms with E-state index in [9.17, 15) is 4.79 Å². The van der Waals surface area contributed by atoms with E-state index in [0.717, 1.165) is 0 Å². The topological polar surface area (TPSA) is 26.3 Å². The molecule has 0 atom stereocenters. The van der Waals surface area contributed by atoms with E-state index in [2.05, 4.69) is 36.9 Å². The van der Waals surface area contributed by atoms with Crippen LogP contribution in [0.1, 0.15) is 0 Å². The fourth-order valence-corrected chi connectivity index (χ4v) is 3.64. The van der Waals surface area contributed by atoms with Crippen LogP contribution in [-0.2, 0) is 8.56 Å². The van der Waals surface area contributed by atoms with Gasteiger partial charge in [-0.1, -0.05) is 0 Å². The Kier molecular flexibility index (Phi) is 4.03. The quantitative estimate of drug-likeness (QED) is 0.718. The molecule has 0 amide bonds. The van der Waals surface area contributed by atoms with Crippen LogP contribution in [-0.4, -0.2) is 27.6 Å². The van der Waals surface area contributed by atoms with Gasteiger partial charge in [0.05, 0.1) is 0 Å². The predicted molar refractivity (Wildman–Crippen MR) is 57.6 cm³/mol. The zero-order valence-electron chi connectivity index (χ0n) is 9.02. The fraction of sp³-hybridized carbons (Fsp3) is 0.875. The van der Waals surface area contributed by atoms with Crippen LogP contribution >= 0.6 is 0 Å². The third kappa shape index (κ3) is 8.33. The summed E-state index contributed by atoms with van der Waals surface area (Å²) in [5.41, 5.74) is 0. The molecule has 0 aliphatic carbocycles. The van der Waals surface area contributed by atoms with Crippen molar-refractivity contribution in [3.05, 3.63) is 0 Å². The van der Waals surface area contributed by atoms with Crippen molar-refractivity contribution < 1.29 is 8.56 Å². The first-order valence-electron chi connectivity index (χ1n) is 4.32. The fourth-order valence-electron chi connectivity index (χ4n) is 0.811. The van der Waals surface area contributed by atoms with Gasteiger partial charge in [-0.25, -0.2) is 0 Å². The van der Waals surface area contributed by atoms with Crippen molar-refractivity contribution in [1.29, 1.82) is 0 Å². The average molecular weight is 249 g/mol. The molecule has 0 aliphatic rings. The van der Waals surface area contributed by atoms with Gasteiger partial charge in [0, 0.05) is 0 Å². The number of carbonyl (C=O) groups excluding carboxylic acids is 1. The maximum absolute atomic E-state index is 11.3. The molecular weight excluding hydrogens is 229 g/mol. The van der Waals surface area contributed by atoms with Crippen molar-refractivity contribution in [1.82, 2.24) is 0 Å². The van der Waals surface area contributed by atoms with Gasteiger partial charge in [-0.3, -0.25) is 0 Å². The Morgan fingerprint density at radius 2 is 1.67 bits per heavy atom. The van der Waals surface area contributed by atoms with Crippen molar-refractivity contribution in [2.75, 3.05) is 0 Å². The van der Waals surface area contributed by atoms with Crippen LogP contribution in [0, 0.1) is 0 Å². The van der Waals surface area contributed by atoms with E-state index in [1.165, 1.54) is 0 Å². The summed E-state index contributed by atoms with van der Waals surface area (Å²) in [5.74, 6) is 6.29. The molecule has 0 radical (unpaired) electrons. The predicted octanol–water partition coefficient (Wildman–Crippen LogP) is 2.70. The Morgan fingerprint density at radius 1 is 1.25 bits per heavy atom. The molecule has 4 heteroatoms. The van der Waals surface area contributed by atoms with E-state index >= 15 is 0 Å². The summed E-state index contributed by atoms with van der Waals surface area (Å²) in [7, 11) is -1.26. The minimum atomic E-state index is -2.11. The Bertz CT molecular complexity index is 149. The van der Waals surface area contributed by atoms with E-state index in [1.807, 2.05) is 0 Å². The second-order valence-corrected chi connectivity index (χ2v) is 20.1. The molecule has 0 N–H and O–H groups in total. The number of rotatable bonds is 3. The Balaban J connectivity index is 3.92. The summed E-state index contributed by atoms with van der Waals surface area (Å²) in [6.07, 6.45) is 0. The third-order valence-electron chi connectivity index (χ3n) is 1.09. The van der Waals surface area contributed by atoms with E-state index < -0.39 is 21.7 Å². The second-order valence-electron chi connectivity index (χ2n) is 5.32. The Morgan fingerprint density at radius 3 is 1.92 bits per heavy atom. The van der Waals surface area contributed by atoms with Gasteiger partial charge in [0.25, 0.3) is 0 Å². The molecule has 0 aromatic heterocycles. The molecule has 0 aromatic carbocycles. The van der Waals surface area contributed by atoms with Gasteiger partial charge in [-0.2, -0.15) is 0 Å². The third-order valence-corrected chi connectivity index (χ3v) is 4.21. The van der Waals surface area contributed by atoms with Gasteiger partial charge in [0.1, 0.15) is 0 Å². The number of carbonyl (C=O) groups is 1. The molecule has 0 aromatic rings. The van der Waals surface area contributed by atoms with Gasteiger partial charge in [-0.15, -0.1) is 0 Å². The van der Waals surface area contributed by atoms with Gasteiger partial charge >= 0.3 is 79.2 Å². The average Bonchev–Trinajstić information content (AvgIpc) is 1.49.